The van der Waals surface area contributed by atoms with Crippen molar-refractivity contribution < 1.29 is 14.5 Å². The van der Waals surface area contributed by atoms with Gasteiger partial charge >= 0.3 is 0 Å². The smallest absolute Gasteiger partial charge is 0.232 e. The number of hydrogen-bond acceptors (Lipinski definition) is 3. The molecule has 0 radical (unpaired) electrons. The van der Waals surface area contributed by atoms with Crippen LogP contribution in [0.15, 0.2) is 18.2 Å². The normalized spacial score (nSPS) is 40.2. The highest BCUT2D eigenvalue weighted by Gasteiger charge is 2.54. The van der Waals surface area contributed by atoms with Crippen LogP contribution in [0.5, 0.6) is 5.75 Å². The molecule has 0 spiro atoms. The van der Waals surface area contributed by atoms with Gasteiger partial charge in [0.05, 0.1) is 6.10 Å². The van der Waals surface area contributed by atoms with Crippen LogP contribution in [-0.4, -0.2) is 22.8 Å². The van der Waals surface area contributed by atoms with Crippen LogP contribution in [0.2, 0.25) is 0 Å². The summed E-state index contributed by atoms with van der Waals surface area (Å²) in [5.74, 6) is 2.69. The number of aliphatic hydroxyl groups excluding tert-OH is 1. The highest BCUT2D eigenvalue weighted by molar-refractivity contribution is 8.09. The van der Waals surface area contributed by atoms with Gasteiger partial charge < -0.3 is 14.5 Å². The summed E-state index contributed by atoms with van der Waals surface area (Å²) in [7, 11) is 0. The van der Waals surface area contributed by atoms with Crippen molar-refractivity contribution in [2.24, 2.45) is 17.3 Å². The molecule has 4 rings (SSSR count). The minimum absolute atomic E-state index is 0.112. The summed E-state index contributed by atoms with van der Waals surface area (Å²) in [5, 5.41) is 10.5. The first kappa shape index (κ1) is 17.0. The molecule has 0 amide bonds. The van der Waals surface area contributed by atoms with E-state index in [0.717, 1.165) is 19.3 Å². The Labute approximate surface area is 149 Å². The van der Waals surface area contributed by atoms with Crippen molar-refractivity contribution in [3.63, 3.8) is 0 Å². The predicted octanol–water partition coefficient (Wildman–Crippen LogP) is 4.21. The highest BCUT2D eigenvalue weighted by Crippen LogP contribution is 2.61. The molecular weight excluding hydrogens is 339 g/mol. The number of benzene rings is 1. The Balaban J connectivity index is 1.62. The first-order chi connectivity index (χ1) is 11.3. The van der Waals surface area contributed by atoms with E-state index in [2.05, 4.69) is 19.1 Å². The molecule has 3 aliphatic carbocycles. The fourth-order valence-electron chi connectivity index (χ4n) is 5.78. The van der Waals surface area contributed by atoms with Crippen LogP contribution in [0.4, 0.5) is 0 Å². The fraction of sp³-hybridized carbons (Fsp3) is 0.684. The average Bonchev–Trinajstić information content (AvgIpc) is 2.81. The summed E-state index contributed by atoms with van der Waals surface area (Å²) >= 11 is 5.01. The quantitative estimate of drug-likeness (QED) is 0.770. The Bertz CT molecular complexity index is 700. The van der Waals surface area contributed by atoms with E-state index in [1.165, 1.54) is 30.4 Å². The standard InChI is InChI=1S/C19H27O3PS/c1-19-10-9-15-14-6-4-13(22-23(2,21)24)11-12(14)3-5-16(15)17(19)7-8-18(19)20/h4,6,11,15-18,20H,3,5,7-10H2,1-2H3,(H,21,24)/t15-,16-,17+,18+,19+,23?/m1/s1. The van der Waals surface area contributed by atoms with Crippen LogP contribution in [0.25, 0.3) is 0 Å². The number of hydrogen-bond donors (Lipinski definition) is 2. The zero-order valence-corrected chi connectivity index (χ0v) is 16.2. The van der Waals surface area contributed by atoms with Crippen molar-refractivity contribution in [2.45, 2.75) is 57.5 Å². The highest BCUT2D eigenvalue weighted by atomic mass is 32.5. The molecular formula is C19H27O3PS. The van der Waals surface area contributed by atoms with Gasteiger partial charge in [-0.3, -0.25) is 0 Å². The summed E-state index contributed by atoms with van der Waals surface area (Å²) in [6.07, 6.45) is 6.61. The van der Waals surface area contributed by atoms with Crippen molar-refractivity contribution in [3.05, 3.63) is 29.3 Å². The molecule has 24 heavy (non-hydrogen) atoms. The lowest BCUT2D eigenvalue weighted by atomic mass is 9.55. The van der Waals surface area contributed by atoms with E-state index in [1.807, 2.05) is 6.07 Å². The Morgan fingerprint density at radius 1 is 1.25 bits per heavy atom. The zero-order chi connectivity index (χ0) is 17.1. The van der Waals surface area contributed by atoms with Gasteiger partial charge in [-0.05, 0) is 96.8 Å². The molecule has 2 N–H and O–H groups in total. The van der Waals surface area contributed by atoms with Crippen LogP contribution in [0.3, 0.4) is 0 Å². The number of rotatable bonds is 2. The molecule has 2 fully saturated rings. The Morgan fingerprint density at radius 2 is 2.04 bits per heavy atom. The van der Waals surface area contributed by atoms with E-state index in [4.69, 9.17) is 16.3 Å². The molecule has 0 saturated heterocycles. The van der Waals surface area contributed by atoms with Crippen molar-refractivity contribution in [2.75, 3.05) is 6.66 Å². The fourth-order valence-corrected chi connectivity index (χ4v) is 6.55. The SMILES string of the molecule is C[C@]12CC[C@@H]3c4ccc(OP(C)(O)=S)cc4CC[C@H]3[C@@H]1CC[C@@H]2O. The molecule has 2 saturated carbocycles. The first-order valence-corrected chi connectivity index (χ1v) is 12.2. The Morgan fingerprint density at radius 3 is 2.79 bits per heavy atom. The van der Waals surface area contributed by atoms with E-state index in [0.29, 0.717) is 23.5 Å². The summed E-state index contributed by atoms with van der Waals surface area (Å²) < 4.78 is 5.55. The van der Waals surface area contributed by atoms with E-state index in [1.54, 1.807) is 6.66 Å². The largest absolute Gasteiger partial charge is 0.444 e. The summed E-state index contributed by atoms with van der Waals surface area (Å²) in [5.41, 5.74) is 2.96. The maximum atomic E-state index is 10.5. The molecule has 3 aliphatic rings. The molecule has 0 aromatic heterocycles. The predicted molar refractivity (Wildman–Crippen MR) is 100 cm³/mol. The Hall–Kier alpha value is -0.410. The lowest BCUT2D eigenvalue weighted by Crippen LogP contribution is -2.43. The van der Waals surface area contributed by atoms with Gasteiger partial charge in [-0.25, -0.2) is 0 Å². The third-order valence-corrected chi connectivity index (χ3v) is 7.70. The van der Waals surface area contributed by atoms with E-state index >= 15 is 0 Å². The van der Waals surface area contributed by atoms with Crippen LogP contribution >= 0.6 is 6.49 Å². The third-order valence-electron chi connectivity index (χ3n) is 6.92. The van der Waals surface area contributed by atoms with Crippen molar-refractivity contribution >= 4 is 18.3 Å². The van der Waals surface area contributed by atoms with Gasteiger partial charge in [-0.1, -0.05) is 13.0 Å². The zero-order valence-electron chi connectivity index (χ0n) is 14.4. The van der Waals surface area contributed by atoms with Crippen LogP contribution in [0.1, 0.15) is 56.1 Å². The molecule has 132 valence electrons. The molecule has 5 heteroatoms. The van der Waals surface area contributed by atoms with Crippen LogP contribution < -0.4 is 4.52 Å². The monoisotopic (exact) mass is 366 g/mol. The topological polar surface area (TPSA) is 49.7 Å². The molecule has 6 atom stereocenters. The molecule has 3 nitrogen and oxygen atoms in total. The lowest BCUT2D eigenvalue weighted by Gasteiger charge is -2.50. The maximum Gasteiger partial charge on any atom is 0.232 e. The minimum Gasteiger partial charge on any atom is -0.444 e. The van der Waals surface area contributed by atoms with Crippen LogP contribution in [0, 0.1) is 17.3 Å². The minimum atomic E-state index is -2.68. The van der Waals surface area contributed by atoms with Gasteiger partial charge in [-0.2, -0.15) is 0 Å². The van der Waals surface area contributed by atoms with Crippen molar-refractivity contribution in [1.82, 2.24) is 0 Å². The third kappa shape index (κ3) is 2.76. The van der Waals surface area contributed by atoms with Crippen molar-refractivity contribution in [1.29, 1.82) is 0 Å². The molecule has 0 heterocycles. The second-order valence-electron chi connectivity index (χ2n) is 8.31. The second kappa shape index (κ2) is 5.81. The van der Waals surface area contributed by atoms with E-state index in [9.17, 15) is 10.00 Å². The van der Waals surface area contributed by atoms with Gasteiger partial charge in [0.1, 0.15) is 5.75 Å². The lowest BCUT2D eigenvalue weighted by molar-refractivity contribution is -0.0226. The molecule has 0 bridgehead atoms. The maximum absolute atomic E-state index is 10.5. The summed E-state index contributed by atoms with van der Waals surface area (Å²) in [6, 6.07) is 6.25. The molecule has 0 aliphatic heterocycles. The molecule has 1 aromatic carbocycles. The van der Waals surface area contributed by atoms with Gasteiger partial charge in [0, 0.05) is 6.66 Å². The molecule has 1 aromatic rings. The van der Waals surface area contributed by atoms with Gasteiger partial charge in [-0.15, -0.1) is 0 Å². The van der Waals surface area contributed by atoms with Gasteiger partial charge in [0.25, 0.3) is 0 Å². The summed E-state index contributed by atoms with van der Waals surface area (Å²) in [4.78, 5) is 9.80. The van der Waals surface area contributed by atoms with Gasteiger partial charge in [0.15, 0.2) is 0 Å². The molecule has 1 unspecified atom stereocenters. The number of fused-ring (bicyclic) bond motifs is 5. The number of aryl methyl sites for hydroxylation is 1. The van der Waals surface area contributed by atoms with E-state index in [-0.39, 0.29) is 11.5 Å². The van der Waals surface area contributed by atoms with Gasteiger partial charge in [0.2, 0.25) is 6.49 Å². The number of aliphatic hydroxyl groups is 1. The second-order valence-corrected chi connectivity index (χ2v) is 12.1. The van der Waals surface area contributed by atoms with E-state index < -0.39 is 6.49 Å². The van der Waals surface area contributed by atoms with Crippen LogP contribution in [-0.2, 0) is 18.2 Å². The summed E-state index contributed by atoms with van der Waals surface area (Å²) in [6.45, 7) is 1.22. The average molecular weight is 366 g/mol. The van der Waals surface area contributed by atoms with Crippen molar-refractivity contribution in [3.8, 4) is 5.75 Å². The Kier molecular flexibility index (Phi) is 4.12. The first-order valence-electron chi connectivity index (χ1n) is 9.09.